The van der Waals surface area contributed by atoms with E-state index in [4.69, 9.17) is 4.74 Å². The van der Waals surface area contributed by atoms with Crippen LogP contribution in [0.1, 0.15) is 36.0 Å². The van der Waals surface area contributed by atoms with Gasteiger partial charge in [0.05, 0.1) is 6.10 Å². The van der Waals surface area contributed by atoms with Gasteiger partial charge in [-0.05, 0) is 43.0 Å². The molecule has 1 N–H and O–H groups in total. The van der Waals surface area contributed by atoms with Gasteiger partial charge in [0.15, 0.2) is 0 Å². The van der Waals surface area contributed by atoms with E-state index in [9.17, 15) is 0 Å². The molecule has 2 aliphatic rings. The maximum absolute atomic E-state index is 5.81. The zero-order chi connectivity index (χ0) is 13.1. The summed E-state index contributed by atoms with van der Waals surface area (Å²) in [7, 11) is 2.20. The first-order chi connectivity index (χ1) is 9.31. The Morgan fingerprint density at radius 1 is 1.26 bits per heavy atom. The van der Waals surface area contributed by atoms with Crippen molar-refractivity contribution in [3.05, 3.63) is 34.9 Å². The van der Waals surface area contributed by atoms with E-state index >= 15 is 0 Å². The Labute approximate surface area is 115 Å². The molecule has 0 aliphatic carbocycles. The number of nitrogens with zero attached hydrogens (tertiary/aromatic N) is 1. The molecule has 3 heteroatoms. The molecule has 2 heterocycles. The minimum absolute atomic E-state index is 0.440. The average molecular weight is 260 g/mol. The standard InChI is InChI=1S/C16H24N2O/c1-18(12-16-4-2-3-7-19-16)11-13-5-6-14-9-17-10-15(14)8-13/h5-6,8,16-17H,2-4,7,9-12H2,1H3. The molecule has 19 heavy (non-hydrogen) atoms. The van der Waals surface area contributed by atoms with Crippen molar-refractivity contribution in [2.24, 2.45) is 0 Å². The van der Waals surface area contributed by atoms with E-state index in [0.717, 1.165) is 32.8 Å². The Morgan fingerprint density at radius 2 is 2.16 bits per heavy atom. The minimum Gasteiger partial charge on any atom is -0.377 e. The van der Waals surface area contributed by atoms with E-state index < -0.39 is 0 Å². The largest absolute Gasteiger partial charge is 0.377 e. The number of hydrogen-bond donors (Lipinski definition) is 1. The minimum atomic E-state index is 0.440. The van der Waals surface area contributed by atoms with Crippen molar-refractivity contribution in [3.63, 3.8) is 0 Å². The summed E-state index contributed by atoms with van der Waals surface area (Å²) >= 11 is 0. The maximum atomic E-state index is 5.81. The SMILES string of the molecule is CN(Cc1ccc2c(c1)CNC2)CC1CCCCO1. The van der Waals surface area contributed by atoms with Gasteiger partial charge in [0.25, 0.3) is 0 Å². The second kappa shape index (κ2) is 6.04. The number of rotatable bonds is 4. The summed E-state index contributed by atoms with van der Waals surface area (Å²) in [6.45, 7) is 5.07. The summed E-state index contributed by atoms with van der Waals surface area (Å²) in [5.74, 6) is 0. The third kappa shape index (κ3) is 3.35. The second-order valence-electron chi connectivity index (χ2n) is 5.89. The number of likely N-dealkylation sites (N-methyl/N-ethyl adjacent to an activating group) is 1. The highest BCUT2D eigenvalue weighted by Gasteiger charge is 2.16. The highest BCUT2D eigenvalue weighted by molar-refractivity contribution is 5.34. The Hall–Kier alpha value is -0.900. The van der Waals surface area contributed by atoms with Crippen LogP contribution in [-0.2, 0) is 24.4 Å². The molecule has 1 unspecified atom stereocenters. The first-order valence-electron chi connectivity index (χ1n) is 7.43. The number of ether oxygens (including phenoxy) is 1. The van der Waals surface area contributed by atoms with Crippen molar-refractivity contribution in [2.75, 3.05) is 20.2 Å². The molecule has 1 aromatic rings. The van der Waals surface area contributed by atoms with E-state index in [1.807, 2.05) is 0 Å². The fourth-order valence-corrected chi connectivity index (χ4v) is 3.12. The van der Waals surface area contributed by atoms with Crippen molar-refractivity contribution in [2.45, 2.75) is 45.0 Å². The van der Waals surface area contributed by atoms with Crippen LogP contribution in [0, 0.1) is 0 Å². The zero-order valence-corrected chi connectivity index (χ0v) is 11.8. The fraction of sp³-hybridized carbons (Fsp3) is 0.625. The zero-order valence-electron chi connectivity index (χ0n) is 11.8. The lowest BCUT2D eigenvalue weighted by Gasteiger charge is -2.27. The monoisotopic (exact) mass is 260 g/mol. The number of nitrogens with one attached hydrogen (secondary N) is 1. The van der Waals surface area contributed by atoms with E-state index in [1.165, 1.54) is 36.0 Å². The Bertz CT molecular complexity index is 427. The van der Waals surface area contributed by atoms with Crippen LogP contribution in [-0.4, -0.2) is 31.2 Å². The summed E-state index contributed by atoms with van der Waals surface area (Å²) in [6.07, 6.45) is 4.22. The van der Waals surface area contributed by atoms with Crippen molar-refractivity contribution >= 4 is 0 Å². The molecule has 1 aromatic carbocycles. The van der Waals surface area contributed by atoms with Gasteiger partial charge in [-0.1, -0.05) is 18.2 Å². The molecule has 104 valence electrons. The van der Waals surface area contributed by atoms with Gasteiger partial charge in [-0.3, -0.25) is 4.90 Å². The summed E-state index contributed by atoms with van der Waals surface area (Å²) in [5.41, 5.74) is 4.35. The predicted octanol–water partition coefficient (Wildman–Crippen LogP) is 2.29. The van der Waals surface area contributed by atoms with E-state index in [-0.39, 0.29) is 0 Å². The molecule has 2 aliphatic heterocycles. The smallest absolute Gasteiger partial charge is 0.0702 e. The van der Waals surface area contributed by atoms with Crippen molar-refractivity contribution < 1.29 is 4.74 Å². The molecule has 0 aromatic heterocycles. The van der Waals surface area contributed by atoms with Crippen LogP contribution in [0.3, 0.4) is 0 Å². The molecule has 0 saturated carbocycles. The lowest BCUT2D eigenvalue weighted by Crippen LogP contribution is -2.33. The average Bonchev–Trinajstić information content (AvgIpc) is 2.87. The van der Waals surface area contributed by atoms with E-state index in [2.05, 4.69) is 35.5 Å². The number of hydrogen-bond acceptors (Lipinski definition) is 3. The van der Waals surface area contributed by atoms with Crippen LogP contribution in [0.25, 0.3) is 0 Å². The van der Waals surface area contributed by atoms with Gasteiger partial charge in [-0.25, -0.2) is 0 Å². The molecule has 1 saturated heterocycles. The molecule has 3 nitrogen and oxygen atoms in total. The summed E-state index contributed by atoms with van der Waals surface area (Å²) in [4.78, 5) is 2.39. The molecule has 3 rings (SSSR count). The van der Waals surface area contributed by atoms with Crippen molar-refractivity contribution in [3.8, 4) is 0 Å². The summed E-state index contributed by atoms with van der Waals surface area (Å²) in [6, 6.07) is 6.90. The van der Waals surface area contributed by atoms with Crippen LogP contribution in [0.2, 0.25) is 0 Å². The highest BCUT2D eigenvalue weighted by atomic mass is 16.5. The van der Waals surface area contributed by atoms with Crippen molar-refractivity contribution in [1.82, 2.24) is 10.2 Å². The number of fused-ring (bicyclic) bond motifs is 1. The van der Waals surface area contributed by atoms with Gasteiger partial charge < -0.3 is 10.1 Å². The van der Waals surface area contributed by atoms with Crippen LogP contribution in [0.15, 0.2) is 18.2 Å². The van der Waals surface area contributed by atoms with Crippen LogP contribution >= 0.6 is 0 Å². The molecule has 1 fully saturated rings. The molecule has 0 bridgehead atoms. The predicted molar refractivity (Wildman–Crippen MR) is 76.9 cm³/mol. The normalized spacial score (nSPS) is 22.7. The molecular weight excluding hydrogens is 236 g/mol. The van der Waals surface area contributed by atoms with E-state index in [1.54, 1.807) is 0 Å². The molecule has 0 spiro atoms. The van der Waals surface area contributed by atoms with Gasteiger partial charge in [0.1, 0.15) is 0 Å². The van der Waals surface area contributed by atoms with Crippen LogP contribution < -0.4 is 5.32 Å². The Kier molecular flexibility index (Phi) is 4.16. The third-order valence-electron chi connectivity index (χ3n) is 4.14. The first-order valence-corrected chi connectivity index (χ1v) is 7.43. The summed E-state index contributed by atoms with van der Waals surface area (Å²) in [5, 5.41) is 3.40. The second-order valence-corrected chi connectivity index (χ2v) is 5.89. The Balaban J connectivity index is 1.55. The molecule has 1 atom stereocenters. The number of benzene rings is 1. The lowest BCUT2D eigenvalue weighted by atomic mass is 10.1. The topological polar surface area (TPSA) is 24.5 Å². The Morgan fingerprint density at radius 3 is 3.00 bits per heavy atom. The van der Waals surface area contributed by atoms with Gasteiger partial charge in [-0.2, -0.15) is 0 Å². The summed E-state index contributed by atoms with van der Waals surface area (Å²) < 4.78 is 5.81. The third-order valence-corrected chi connectivity index (χ3v) is 4.14. The van der Waals surface area contributed by atoms with Gasteiger partial charge in [-0.15, -0.1) is 0 Å². The fourth-order valence-electron chi connectivity index (χ4n) is 3.12. The lowest BCUT2D eigenvalue weighted by molar-refractivity contribution is -0.00259. The van der Waals surface area contributed by atoms with Crippen LogP contribution in [0.5, 0.6) is 0 Å². The molecular formula is C16H24N2O. The quantitative estimate of drug-likeness (QED) is 0.899. The van der Waals surface area contributed by atoms with Gasteiger partial charge >= 0.3 is 0 Å². The van der Waals surface area contributed by atoms with Crippen molar-refractivity contribution in [1.29, 1.82) is 0 Å². The van der Waals surface area contributed by atoms with Gasteiger partial charge in [0, 0.05) is 32.8 Å². The molecule has 0 radical (unpaired) electrons. The maximum Gasteiger partial charge on any atom is 0.0702 e. The molecule has 0 amide bonds. The van der Waals surface area contributed by atoms with Crippen LogP contribution in [0.4, 0.5) is 0 Å². The highest BCUT2D eigenvalue weighted by Crippen LogP contribution is 2.19. The first kappa shape index (κ1) is 13.1. The van der Waals surface area contributed by atoms with E-state index in [0.29, 0.717) is 6.10 Å². The van der Waals surface area contributed by atoms with Gasteiger partial charge in [0.2, 0.25) is 0 Å².